The van der Waals surface area contributed by atoms with Gasteiger partial charge in [0.05, 0.1) is 18.2 Å². The molecule has 0 aromatic heterocycles. The zero-order valence-corrected chi connectivity index (χ0v) is 8.82. The van der Waals surface area contributed by atoms with E-state index in [1.807, 2.05) is 4.90 Å². The molecule has 2 aliphatic heterocycles. The number of nitrogens with one attached hydrogen (secondary N) is 1. The molecule has 0 aliphatic carbocycles. The molecule has 0 bridgehead atoms. The van der Waals surface area contributed by atoms with E-state index in [0.717, 1.165) is 25.9 Å². The Morgan fingerprint density at radius 3 is 3.07 bits per heavy atom. The van der Waals surface area contributed by atoms with E-state index < -0.39 is 0 Å². The normalized spacial score (nSPS) is 31.9. The van der Waals surface area contributed by atoms with Gasteiger partial charge in [-0.1, -0.05) is 0 Å². The average molecular weight is 198 g/mol. The molecule has 80 valence electrons. The van der Waals surface area contributed by atoms with Crippen LogP contribution < -0.4 is 5.32 Å². The first-order valence-corrected chi connectivity index (χ1v) is 5.36. The van der Waals surface area contributed by atoms with Crippen molar-refractivity contribution in [3.05, 3.63) is 0 Å². The lowest BCUT2D eigenvalue weighted by atomic mass is 10.0. The number of carbonyl (C=O) groups is 1. The Morgan fingerprint density at radius 1 is 1.57 bits per heavy atom. The van der Waals surface area contributed by atoms with Crippen LogP contribution in [0.1, 0.15) is 26.7 Å². The topological polar surface area (TPSA) is 41.6 Å². The van der Waals surface area contributed by atoms with Crippen LogP contribution in [0.15, 0.2) is 0 Å². The van der Waals surface area contributed by atoms with E-state index in [9.17, 15) is 4.79 Å². The number of urea groups is 1. The summed E-state index contributed by atoms with van der Waals surface area (Å²) >= 11 is 0. The van der Waals surface area contributed by atoms with Crippen LogP contribution in [-0.2, 0) is 4.74 Å². The third-order valence-electron chi connectivity index (χ3n) is 2.88. The van der Waals surface area contributed by atoms with Crippen molar-refractivity contribution in [1.29, 1.82) is 0 Å². The zero-order valence-electron chi connectivity index (χ0n) is 8.82. The Kier molecular flexibility index (Phi) is 2.63. The third-order valence-corrected chi connectivity index (χ3v) is 2.88. The summed E-state index contributed by atoms with van der Waals surface area (Å²) in [7, 11) is 0. The van der Waals surface area contributed by atoms with E-state index in [-0.39, 0.29) is 12.1 Å². The van der Waals surface area contributed by atoms with Gasteiger partial charge >= 0.3 is 6.03 Å². The first-order chi connectivity index (χ1) is 6.66. The van der Waals surface area contributed by atoms with Crippen LogP contribution in [-0.4, -0.2) is 42.3 Å². The predicted octanol–water partition coefficient (Wildman–Crippen LogP) is 0.968. The van der Waals surface area contributed by atoms with Crippen molar-refractivity contribution in [2.45, 2.75) is 44.9 Å². The summed E-state index contributed by atoms with van der Waals surface area (Å²) in [6, 6.07) is 0.456. The molecule has 2 saturated heterocycles. The minimum atomic E-state index is 0.0954. The first-order valence-electron chi connectivity index (χ1n) is 5.36. The second-order valence-corrected chi connectivity index (χ2v) is 4.36. The Bertz CT molecular complexity index is 230. The molecule has 2 aliphatic rings. The number of amides is 2. The van der Waals surface area contributed by atoms with Crippen molar-refractivity contribution in [1.82, 2.24) is 10.2 Å². The molecule has 0 spiro atoms. The third kappa shape index (κ3) is 1.85. The minimum Gasteiger partial charge on any atom is -0.375 e. The van der Waals surface area contributed by atoms with Gasteiger partial charge in [-0.3, -0.25) is 0 Å². The molecule has 4 heteroatoms. The van der Waals surface area contributed by atoms with Crippen molar-refractivity contribution in [3.8, 4) is 0 Å². The highest BCUT2D eigenvalue weighted by Gasteiger charge is 2.36. The number of hydrogen-bond acceptors (Lipinski definition) is 2. The maximum Gasteiger partial charge on any atom is 0.317 e. The molecule has 2 unspecified atom stereocenters. The number of piperidine rings is 1. The summed E-state index contributed by atoms with van der Waals surface area (Å²) in [6.07, 6.45) is 2.58. The summed E-state index contributed by atoms with van der Waals surface area (Å²) < 4.78 is 5.77. The summed E-state index contributed by atoms with van der Waals surface area (Å²) in [6.45, 7) is 5.75. The van der Waals surface area contributed by atoms with Crippen molar-refractivity contribution < 1.29 is 9.53 Å². The van der Waals surface area contributed by atoms with Gasteiger partial charge in [-0.25, -0.2) is 4.79 Å². The maximum absolute atomic E-state index is 11.3. The van der Waals surface area contributed by atoms with Crippen molar-refractivity contribution in [3.63, 3.8) is 0 Å². The molecule has 0 radical (unpaired) electrons. The molecule has 0 saturated carbocycles. The molecule has 1 N–H and O–H groups in total. The molecule has 0 aromatic carbocycles. The standard InChI is InChI=1S/C10H18N2O2/c1-7(2)14-9-3-4-12-8(5-9)6-11-10(12)13/h7-9H,3-6H2,1-2H3,(H,11,13). The molecule has 2 atom stereocenters. The van der Waals surface area contributed by atoms with E-state index in [0.29, 0.717) is 12.1 Å². The van der Waals surface area contributed by atoms with Crippen molar-refractivity contribution >= 4 is 6.03 Å². The van der Waals surface area contributed by atoms with E-state index >= 15 is 0 Å². The fraction of sp³-hybridized carbons (Fsp3) is 0.900. The molecule has 2 heterocycles. The second-order valence-electron chi connectivity index (χ2n) is 4.36. The van der Waals surface area contributed by atoms with Gasteiger partial charge in [0.2, 0.25) is 0 Å². The smallest absolute Gasteiger partial charge is 0.317 e. The van der Waals surface area contributed by atoms with E-state index in [4.69, 9.17) is 4.74 Å². The first kappa shape index (κ1) is 9.77. The number of fused-ring (bicyclic) bond motifs is 1. The van der Waals surface area contributed by atoms with Gasteiger partial charge in [0.25, 0.3) is 0 Å². The molecular weight excluding hydrogens is 180 g/mol. The lowest BCUT2D eigenvalue weighted by Crippen LogP contribution is -2.44. The van der Waals surface area contributed by atoms with Crippen LogP contribution in [0.4, 0.5) is 4.79 Å². The van der Waals surface area contributed by atoms with Crippen LogP contribution in [0, 0.1) is 0 Å². The van der Waals surface area contributed by atoms with Gasteiger partial charge in [0, 0.05) is 13.1 Å². The molecule has 14 heavy (non-hydrogen) atoms. The summed E-state index contributed by atoms with van der Waals surface area (Å²) in [5.74, 6) is 0. The number of ether oxygens (including phenoxy) is 1. The van der Waals surface area contributed by atoms with Crippen LogP contribution in [0.25, 0.3) is 0 Å². The average Bonchev–Trinajstić information content (AvgIpc) is 2.46. The SMILES string of the molecule is CC(C)OC1CCN2C(=O)NCC2C1. The van der Waals surface area contributed by atoms with E-state index in [1.165, 1.54) is 0 Å². The molecule has 2 amide bonds. The largest absolute Gasteiger partial charge is 0.375 e. The number of carbonyl (C=O) groups excluding carboxylic acids is 1. The van der Waals surface area contributed by atoms with Gasteiger partial charge in [0.1, 0.15) is 0 Å². The van der Waals surface area contributed by atoms with Gasteiger partial charge in [-0.2, -0.15) is 0 Å². The highest BCUT2D eigenvalue weighted by atomic mass is 16.5. The molecule has 0 aromatic rings. The molecular formula is C10H18N2O2. The summed E-state index contributed by atoms with van der Waals surface area (Å²) in [5.41, 5.74) is 0. The monoisotopic (exact) mass is 198 g/mol. The molecule has 2 fully saturated rings. The number of rotatable bonds is 2. The lowest BCUT2D eigenvalue weighted by molar-refractivity contribution is -0.0298. The number of hydrogen-bond donors (Lipinski definition) is 1. The Balaban J connectivity index is 1.89. The fourth-order valence-corrected chi connectivity index (χ4v) is 2.29. The van der Waals surface area contributed by atoms with Gasteiger partial charge in [0.15, 0.2) is 0 Å². The Morgan fingerprint density at radius 2 is 2.36 bits per heavy atom. The van der Waals surface area contributed by atoms with Crippen LogP contribution in [0.5, 0.6) is 0 Å². The fourth-order valence-electron chi connectivity index (χ4n) is 2.29. The van der Waals surface area contributed by atoms with Crippen LogP contribution in [0.2, 0.25) is 0 Å². The van der Waals surface area contributed by atoms with Crippen LogP contribution >= 0.6 is 0 Å². The minimum absolute atomic E-state index is 0.0954. The number of nitrogens with zero attached hydrogens (tertiary/aromatic N) is 1. The highest BCUT2D eigenvalue weighted by Crippen LogP contribution is 2.23. The zero-order chi connectivity index (χ0) is 10.1. The predicted molar refractivity (Wildman–Crippen MR) is 53.1 cm³/mol. The second kappa shape index (κ2) is 3.77. The van der Waals surface area contributed by atoms with Crippen molar-refractivity contribution in [2.24, 2.45) is 0 Å². The van der Waals surface area contributed by atoms with Gasteiger partial charge in [-0.05, 0) is 26.7 Å². The lowest BCUT2D eigenvalue weighted by Gasteiger charge is -2.34. The summed E-state index contributed by atoms with van der Waals surface area (Å²) in [5, 5.41) is 2.87. The van der Waals surface area contributed by atoms with Gasteiger partial charge in [-0.15, -0.1) is 0 Å². The molecule has 4 nitrogen and oxygen atoms in total. The van der Waals surface area contributed by atoms with Crippen molar-refractivity contribution in [2.75, 3.05) is 13.1 Å². The molecule has 2 rings (SSSR count). The quantitative estimate of drug-likeness (QED) is 0.718. The summed E-state index contributed by atoms with van der Waals surface area (Å²) in [4.78, 5) is 13.2. The maximum atomic E-state index is 11.3. The van der Waals surface area contributed by atoms with Crippen LogP contribution in [0.3, 0.4) is 0 Å². The van der Waals surface area contributed by atoms with E-state index in [2.05, 4.69) is 19.2 Å². The highest BCUT2D eigenvalue weighted by molar-refractivity contribution is 5.77. The van der Waals surface area contributed by atoms with Gasteiger partial charge < -0.3 is 15.0 Å². The Hall–Kier alpha value is -0.770. The Labute approximate surface area is 84.6 Å². The van der Waals surface area contributed by atoms with E-state index in [1.54, 1.807) is 0 Å².